The minimum Gasteiger partial charge on any atom is -0.385 e. The molecule has 0 fully saturated rings. The number of hydrogen-bond acceptors (Lipinski definition) is 5. The van der Waals surface area contributed by atoms with Crippen molar-refractivity contribution < 1.29 is 25.9 Å². The largest absolute Gasteiger partial charge is 0.385 e. The van der Waals surface area contributed by atoms with E-state index in [1.54, 1.807) is 6.07 Å². The molecule has 9 heteroatoms. The van der Waals surface area contributed by atoms with Gasteiger partial charge in [-0.05, 0) is 42.0 Å². The number of rotatable bonds is 8. The van der Waals surface area contributed by atoms with E-state index in [0.29, 0.717) is 17.8 Å². The summed E-state index contributed by atoms with van der Waals surface area (Å²) in [6.07, 6.45) is 0.951. The molecule has 132 valence electrons. The van der Waals surface area contributed by atoms with E-state index < -0.39 is 20.2 Å². The van der Waals surface area contributed by atoms with Crippen LogP contribution in [0.5, 0.6) is 0 Å². The highest BCUT2D eigenvalue weighted by Crippen LogP contribution is 2.34. The maximum absolute atomic E-state index is 11.3. The lowest BCUT2D eigenvalue weighted by atomic mass is 9.81. The van der Waals surface area contributed by atoms with Crippen LogP contribution >= 0.6 is 0 Å². The highest BCUT2D eigenvalue weighted by molar-refractivity contribution is 7.86. The van der Waals surface area contributed by atoms with Crippen molar-refractivity contribution in [1.82, 2.24) is 0 Å². The molecule has 0 unspecified atom stereocenters. The molecule has 0 spiro atoms. The molecule has 0 radical (unpaired) electrons. The van der Waals surface area contributed by atoms with E-state index >= 15 is 0 Å². The van der Waals surface area contributed by atoms with Crippen molar-refractivity contribution in [2.75, 3.05) is 17.6 Å². The molecule has 0 atom stereocenters. The van der Waals surface area contributed by atoms with E-state index in [9.17, 15) is 21.4 Å². The highest BCUT2D eigenvalue weighted by Gasteiger charge is 2.24. The fourth-order valence-electron chi connectivity index (χ4n) is 2.07. The maximum atomic E-state index is 11.3. The fraction of sp³-hybridized carbons (Fsp3) is 0.571. The normalized spacial score (nSPS) is 13.1. The van der Waals surface area contributed by atoms with E-state index in [0.717, 1.165) is 6.42 Å². The molecular weight excluding hydrogens is 342 g/mol. The van der Waals surface area contributed by atoms with Crippen molar-refractivity contribution in [3.05, 3.63) is 23.8 Å². The average molecular weight is 365 g/mol. The van der Waals surface area contributed by atoms with Crippen molar-refractivity contribution in [2.45, 2.75) is 43.9 Å². The van der Waals surface area contributed by atoms with E-state index in [1.165, 1.54) is 12.1 Å². The maximum Gasteiger partial charge on any atom is 0.294 e. The molecule has 0 saturated carbocycles. The average Bonchev–Trinajstić information content (AvgIpc) is 2.41. The predicted molar refractivity (Wildman–Crippen MR) is 89.1 cm³/mol. The number of hydrogen-bond donors (Lipinski definition) is 3. The minimum atomic E-state index is -4.30. The first kappa shape index (κ1) is 19.9. The Kier molecular flexibility index (Phi) is 6.19. The van der Waals surface area contributed by atoms with E-state index in [1.807, 2.05) is 20.8 Å². The Bertz CT molecular complexity index is 753. The molecule has 0 aliphatic carbocycles. The van der Waals surface area contributed by atoms with Crippen LogP contribution < -0.4 is 5.32 Å². The lowest BCUT2D eigenvalue weighted by molar-refractivity contribution is 0.478. The summed E-state index contributed by atoms with van der Waals surface area (Å²) in [6, 6.07) is 4.25. The Morgan fingerprint density at radius 3 is 2.22 bits per heavy atom. The smallest absolute Gasteiger partial charge is 0.294 e. The molecule has 0 bridgehead atoms. The summed E-state index contributed by atoms with van der Waals surface area (Å²) in [5.74, 6) is -0.352. The Morgan fingerprint density at radius 1 is 1.13 bits per heavy atom. The number of anilines is 1. The van der Waals surface area contributed by atoms with Gasteiger partial charge in [0, 0.05) is 12.2 Å². The van der Waals surface area contributed by atoms with Gasteiger partial charge in [-0.1, -0.05) is 20.8 Å². The molecular formula is C14H23NO6S2. The van der Waals surface area contributed by atoms with E-state index in [-0.39, 0.29) is 22.5 Å². The van der Waals surface area contributed by atoms with Crippen molar-refractivity contribution >= 4 is 25.9 Å². The molecule has 0 heterocycles. The predicted octanol–water partition coefficient (Wildman–Crippen LogP) is 2.31. The van der Waals surface area contributed by atoms with Crippen LogP contribution in [0, 0.1) is 0 Å². The summed E-state index contributed by atoms with van der Waals surface area (Å²) in [4.78, 5) is -0.183. The van der Waals surface area contributed by atoms with Gasteiger partial charge in [0.15, 0.2) is 0 Å². The van der Waals surface area contributed by atoms with Crippen LogP contribution in [0.1, 0.15) is 39.2 Å². The first-order valence-corrected chi connectivity index (χ1v) is 10.2. The molecule has 1 rings (SSSR count). The number of benzene rings is 1. The molecule has 0 saturated heterocycles. The van der Waals surface area contributed by atoms with E-state index in [2.05, 4.69) is 5.32 Å². The monoisotopic (exact) mass is 365 g/mol. The molecule has 1 aromatic rings. The minimum absolute atomic E-state index is 0.183. The summed E-state index contributed by atoms with van der Waals surface area (Å²) in [5.41, 5.74) is 1.04. The topological polar surface area (TPSA) is 121 Å². The van der Waals surface area contributed by atoms with Crippen molar-refractivity contribution in [3.8, 4) is 0 Å². The molecule has 1 aromatic carbocycles. The van der Waals surface area contributed by atoms with Gasteiger partial charge < -0.3 is 5.32 Å². The van der Waals surface area contributed by atoms with Crippen LogP contribution in [0.15, 0.2) is 23.1 Å². The third-order valence-corrected chi connectivity index (χ3v) is 5.45. The second-order valence-electron chi connectivity index (χ2n) is 5.99. The van der Waals surface area contributed by atoms with Crippen LogP contribution in [0.4, 0.5) is 5.69 Å². The van der Waals surface area contributed by atoms with Gasteiger partial charge in [-0.2, -0.15) is 16.8 Å². The Labute approximate surface area is 137 Å². The molecule has 0 amide bonds. The van der Waals surface area contributed by atoms with Gasteiger partial charge in [0.25, 0.3) is 20.2 Å². The van der Waals surface area contributed by atoms with Crippen molar-refractivity contribution in [3.63, 3.8) is 0 Å². The van der Waals surface area contributed by atoms with Gasteiger partial charge in [0.1, 0.15) is 0 Å². The van der Waals surface area contributed by atoms with Gasteiger partial charge in [-0.25, -0.2) is 0 Å². The quantitative estimate of drug-likeness (QED) is 0.477. The third-order valence-electron chi connectivity index (χ3n) is 3.80. The summed E-state index contributed by atoms with van der Waals surface area (Å²) in [5, 5.41) is 3.05. The second kappa shape index (κ2) is 7.16. The van der Waals surface area contributed by atoms with Crippen LogP contribution in [-0.2, 0) is 25.7 Å². The SMILES string of the molecule is CCC(C)(C)c1cc(S(=O)(=O)O)ccc1NCCCS(=O)(=O)O. The summed E-state index contributed by atoms with van der Waals surface area (Å²) in [6.45, 7) is 6.15. The zero-order valence-electron chi connectivity index (χ0n) is 13.4. The molecule has 3 N–H and O–H groups in total. The Morgan fingerprint density at radius 2 is 1.74 bits per heavy atom. The fourth-order valence-corrected chi connectivity index (χ4v) is 3.08. The highest BCUT2D eigenvalue weighted by atomic mass is 32.2. The van der Waals surface area contributed by atoms with Gasteiger partial charge >= 0.3 is 0 Å². The van der Waals surface area contributed by atoms with Crippen LogP contribution in [0.2, 0.25) is 0 Å². The zero-order chi connectivity index (χ0) is 17.9. The third kappa shape index (κ3) is 6.09. The van der Waals surface area contributed by atoms with Gasteiger partial charge in [-0.15, -0.1) is 0 Å². The lowest BCUT2D eigenvalue weighted by Gasteiger charge is -2.27. The molecule has 23 heavy (non-hydrogen) atoms. The summed E-state index contributed by atoms with van der Waals surface area (Å²) >= 11 is 0. The molecule has 0 aliphatic rings. The van der Waals surface area contributed by atoms with Crippen LogP contribution in [0.3, 0.4) is 0 Å². The Hall–Kier alpha value is -1.16. The molecule has 0 aliphatic heterocycles. The van der Waals surface area contributed by atoms with E-state index in [4.69, 9.17) is 4.55 Å². The first-order chi connectivity index (χ1) is 10.4. The van der Waals surface area contributed by atoms with Crippen molar-refractivity contribution in [1.29, 1.82) is 0 Å². The van der Waals surface area contributed by atoms with Gasteiger partial charge in [-0.3, -0.25) is 9.11 Å². The number of nitrogens with one attached hydrogen (secondary N) is 1. The molecule has 0 aromatic heterocycles. The lowest BCUT2D eigenvalue weighted by Crippen LogP contribution is -2.20. The van der Waals surface area contributed by atoms with Crippen LogP contribution in [0.25, 0.3) is 0 Å². The molecule has 7 nitrogen and oxygen atoms in total. The summed E-state index contributed by atoms with van der Waals surface area (Å²) < 4.78 is 62.0. The Balaban J connectivity index is 3.07. The van der Waals surface area contributed by atoms with Gasteiger partial charge in [0.2, 0.25) is 0 Å². The summed E-state index contributed by atoms with van der Waals surface area (Å²) in [7, 11) is -8.30. The van der Waals surface area contributed by atoms with Gasteiger partial charge in [0.05, 0.1) is 10.6 Å². The van der Waals surface area contributed by atoms with Crippen LogP contribution in [-0.4, -0.2) is 38.2 Å². The second-order valence-corrected chi connectivity index (χ2v) is 8.98. The van der Waals surface area contributed by atoms with Crippen molar-refractivity contribution in [2.24, 2.45) is 0 Å². The zero-order valence-corrected chi connectivity index (χ0v) is 15.0. The standard InChI is InChI=1S/C14H23NO6S2/c1-4-14(2,3)12-10-11(23(19,20)21)6-7-13(12)15-8-5-9-22(16,17)18/h6-7,10,15H,4-5,8-9H2,1-3H3,(H,16,17,18)(H,19,20,21). The first-order valence-electron chi connectivity index (χ1n) is 7.18.